The molecule has 112 valence electrons. The standard InChI is InChI=1S/C13H19BrN2O3S/c14-13-12(8-11(19-13)9-15-10-4-5-10)20(17,18)16-6-2-1-3-7-16/h8,10,15H,1-7,9H2. The number of piperidine rings is 1. The number of halogens is 1. The maximum atomic E-state index is 12.6. The van der Waals surface area contributed by atoms with Crippen LogP contribution in [0.2, 0.25) is 0 Å². The lowest BCUT2D eigenvalue weighted by atomic mass is 10.2. The summed E-state index contributed by atoms with van der Waals surface area (Å²) in [6.07, 6.45) is 5.37. The molecule has 1 N–H and O–H groups in total. The second-order valence-electron chi connectivity index (χ2n) is 5.47. The van der Waals surface area contributed by atoms with Gasteiger partial charge in [0, 0.05) is 25.2 Å². The van der Waals surface area contributed by atoms with Crippen LogP contribution in [0.3, 0.4) is 0 Å². The summed E-state index contributed by atoms with van der Waals surface area (Å²) in [5, 5.41) is 3.32. The summed E-state index contributed by atoms with van der Waals surface area (Å²) in [6.45, 7) is 1.80. The van der Waals surface area contributed by atoms with Crippen molar-refractivity contribution in [2.75, 3.05) is 13.1 Å². The quantitative estimate of drug-likeness (QED) is 0.873. The maximum absolute atomic E-state index is 12.6. The molecule has 1 saturated carbocycles. The first-order valence-electron chi connectivity index (χ1n) is 7.09. The Bertz CT molecular complexity index is 574. The second-order valence-corrected chi connectivity index (χ2v) is 8.10. The molecule has 0 radical (unpaired) electrons. The highest BCUT2D eigenvalue weighted by atomic mass is 79.9. The van der Waals surface area contributed by atoms with Crippen molar-refractivity contribution >= 4 is 26.0 Å². The van der Waals surface area contributed by atoms with Gasteiger partial charge in [0.2, 0.25) is 10.0 Å². The van der Waals surface area contributed by atoms with Crippen LogP contribution in [0.4, 0.5) is 0 Å². The van der Waals surface area contributed by atoms with Crippen molar-refractivity contribution in [3.8, 4) is 0 Å². The van der Waals surface area contributed by atoms with Gasteiger partial charge in [-0.2, -0.15) is 4.31 Å². The van der Waals surface area contributed by atoms with E-state index < -0.39 is 10.0 Å². The van der Waals surface area contributed by atoms with Gasteiger partial charge in [-0.3, -0.25) is 0 Å². The molecule has 0 spiro atoms. The molecule has 1 saturated heterocycles. The first-order valence-corrected chi connectivity index (χ1v) is 9.32. The van der Waals surface area contributed by atoms with Gasteiger partial charge in [0.15, 0.2) is 4.67 Å². The van der Waals surface area contributed by atoms with E-state index in [0.29, 0.717) is 36.1 Å². The van der Waals surface area contributed by atoms with E-state index in [-0.39, 0.29) is 4.90 Å². The zero-order valence-electron chi connectivity index (χ0n) is 11.3. The summed E-state index contributed by atoms with van der Waals surface area (Å²) in [5.41, 5.74) is 0. The van der Waals surface area contributed by atoms with Crippen molar-refractivity contribution in [1.29, 1.82) is 0 Å². The van der Waals surface area contributed by atoms with Gasteiger partial charge in [-0.25, -0.2) is 8.42 Å². The number of nitrogens with one attached hydrogen (secondary N) is 1. The van der Waals surface area contributed by atoms with E-state index in [2.05, 4.69) is 21.2 Å². The fraction of sp³-hybridized carbons (Fsp3) is 0.692. The summed E-state index contributed by atoms with van der Waals surface area (Å²) in [6, 6.07) is 2.21. The van der Waals surface area contributed by atoms with Gasteiger partial charge in [-0.1, -0.05) is 6.42 Å². The Labute approximate surface area is 127 Å². The zero-order valence-corrected chi connectivity index (χ0v) is 13.7. The minimum atomic E-state index is -3.43. The van der Waals surface area contributed by atoms with Crippen molar-refractivity contribution < 1.29 is 12.8 Å². The molecular formula is C13H19BrN2O3S. The van der Waals surface area contributed by atoms with E-state index in [1.54, 1.807) is 10.4 Å². The largest absolute Gasteiger partial charge is 0.452 e. The molecule has 7 heteroatoms. The molecule has 20 heavy (non-hydrogen) atoms. The topological polar surface area (TPSA) is 62.6 Å². The van der Waals surface area contributed by atoms with Crippen LogP contribution in [0, 0.1) is 0 Å². The number of furan rings is 1. The monoisotopic (exact) mass is 362 g/mol. The predicted molar refractivity (Wildman–Crippen MR) is 78.9 cm³/mol. The highest BCUT2D eigenvalue weighted by Gasteiger charge is 2.30. The van der Waals surface area contributed by atoms with Crippen LogP contribution in [-0.2, 0) is 16.6 Å². The molecular weight excluding hydrogens is 344 g/mol. The molecule has 1 aromatic rings. The van der Waals surface area contributed by atoms with Crippen molar-refractivity contribution in [3.05, 3.63) is 16.5 Å². The Balaban J connectivity index is 1.77. The van der Waals surface area contributed by atoms with E-state index in [1.165, 1.54) is 12.8 Å². The highest BCUT2D eigenvalue weighted by molar-refractivity contribution is 9.10. The molecule has 0 unspecified atom stereocenters. The average Bonchev–Trinajstić information content (AvgIpc) is 3.20. The van der Waals surface area contributed by atoms with E-state index >= 15 is 0 Å². The third-order valence-corrected chi connectivity index (χ3v) is 6.54. The van der Waals surface area contributed by atoms with E-state index in [1.807, 2.05) is 0 Å². The normalized spacial score (nSPS) is 21.2. The second kappa shape index (κ2) is 5.79. The van der Waals surface area contributed by atoms with Gasteiger partial charge in [0.25, 0.3) is 0 Å². The first kappa shape index (κ1) is 14.6. The molecule has 2 aliphatic rings. The van der Waals surface area contributed by atoms with Crippen molar-refractivity contribution in [1.82, 2.24) is 9.62 Å². The summed E-state index contributed by atoms with van der Waals surface area (Å²) in [7, 11) is -3.43. The van der Waals surface area contributed by atoms with Crippen LogP contribution in [0.1, 0.15) is 37.9 Å². The summed E-state index contributed by atoms with van der Waals surface area (Å²) < 4.78 is 32.6. The molecule has 2 heterocycles. The van der Waals surface area contributed by atoms with Crippen LogP contribution in [0.5, 0.6) is 0 Å². The molecule has 0 aromatic carbocycles. The van der Waals surface area contributed by atoms with Gasteiger partial charge < -0.3 is 9.73 Å². The van der Waals surface area contributed by atoms with Gasteiger partial charge >= 0.3 is 0 Å². The molecule has 2 fully saturated rings. The van der Waals surface area contributed by atoms with E-state index in [0.717, 1.165) is 19.3 Å². The summed E-state index contributed by atoms with van der Waals surface area (Å²) in [5.74, 6) is 0.666. The molecule has 1 aromatic heterocycles. The Kier molecular flexibility index (Phi) is 4.21. The molecule has 1 aliphatic carbocycles. The number of hydrogen-bond acceptors (Lipinski definition) is 4. The molecule has 5 nitrogen and oxygen atoms in total. The fourth-order valence-electron chi connectivity index (χ4n) is 2.44. The Morgan fingerprint density at radius 1 is 1.30 bits per heavy atom. The number of sulfonamides is 1. The summed E-state index contributed by atoms with van der Waals surface area (Å²) in [4.78, 5) is 0.256. The number of rotatable bonds is 5. The zero-order chi connectivity index (χ0) is 14.2. The summed E-state index contributed by atoms with van der Waals surface area (Å²) >= 11 is 3.24. The lowest BCUT2D eigenvalue weighted by Gasteiger charge is -2.25. The Morgan fingerprint density at radius 2 is 2.00 bits per heavy atom. The van der Waals surface area contributed by atoms with Crippen LogP contribution >= 0.6 is 15.9 Å². The molecule has 0 bridgehead atoms. The van der Waals surface area contributed by atoms with Gasteiger partial charge in [-0.05, 0) is 41.6 Å². The van der Waals surface area contributed by atoms with Gasteiger partial charge in [-0.15, -0.1) is 0 Å². The lowest BCUT2D eigenvalue weighted by molar-refractivity contribution is 0.346. The van der Waals surface area contributed by atoms with Gasteiger partial charge in [0.05, 0.1) is 6.54 Å². The third-order valence-electron chi connectivity index (χ3n) is 3.78. The minimum absolute atomic E-state index is 0.256. The van der Waals surface area contributed by atoms with Crippen LogP contribution in [0.15, 0.2) is 20.0 Å². The smallest absolute Gasteiger partial charge is 0.247 e. The minimum Gasteiger partial charge on any atom is -0.452 e. The molecule has 1 aliphatic heterocycles. The van der Waals surface area contributed by atoms with Crippen LogP contribution in [-0.4, -0.2) is 31.9 Å². The van der Waals surface area contributed by atoms with Crippen molar-refractivity contribution in [3.63, 3.8) is 0 Å². The lowest BCUT2D eigenvalue weighted by Crippen LogP contribution is -2.35. The van der Waals surface area contributed by atoms with Crippen LogP contribution in [0.25, 0.3) is 0 Å². The predicted octanol–water partition coefficient (Wildman–Crippen LogP) is 2.47. The SMILES string of the molecule is O=S(=O)(c1cc(CNC2CC2)oc1Br)N1CCCCC1. The van der Waals surface area contributed by atoms with Gasteiger partial charge in [0.1, 0.15) is 10.7 Å². The maximum Gasteiger partial charge on any atom is 0.247 e. The van der Waals surface area contributed by atoms with Crippen LogP contribution < -0.4 is 5.32 Å². The average molecular weight is 363 g/mol. The number of nitrogens with zero attached hydrogens (tertiary/aromatic N) is 1. The molecule has 0 amide bonds. The Hall–Kier alpha value is -0.370. The molecule has 0 atom stereocenters. The molecule has 3 rings (SSSR count). The fourth-order valence-corrected chi connectivity index (χ4v) is 4.92. The van der Waals surface area contributed by atoms with Crippen molar-refractivity contribution in [2.24, 2.45) is 0 Å². The van der Waals surface area contributed by atoms with E-state index in [4.69, 9.17) is 4.42 Å². The van der Waals surface area contributed by atoms with Crippen molar-refractivity contribution in [2.45, 2.75) is 49.6 Å². The number of hydrogen-bond donors (Lipinski definition) is 1. The first-order chi connectivity index (χ1) is 9.57. The third kappa shape index (κ3) is 3.10. The van der Waals surface area contributed by atoms with E-state index in [9.17, 15) is 8.42 Å². The Morgan fingerprint density at radius 3 is 2.65 bits per heavy atom. The highest BCUT2D eigenvalue weighted by Crippen LogP contribution is 2.30.